The second-order valence-corrected chi connectivity index (χ2v) is 5.00. The highest BCUT2D eigenvalue weighted by Crippen LogP contribution is 2.31. The number of ether oxygens (including phenoxy) is 2. The van der Waals surface area contributed by atoms with Gasteiger partial charge in [0, 0.05) is 25.7 Å². The zero-order chi connectivity index (χ0) is 13.2. The van der Waals surface area contributed by atoms with Crippen LogP contribution in [-0.4, -0.2) is 49.2 Å². The van der Waals surface area contributed by atoms with Gasteiger partial charge < -0.3 is 19.7 Å². The van der Waals surface area contributed by atoms with E-state index < -0.39 is 6.10 Å². The van der Waals surface area contributed by atoms with Gasteiger partial charge in [-0.1, -0.05) is 12.1 Å². The first-order valence-electron chi connectivity index (χ1n) is 6.64. The molecule has 0 aromatic heterocycles. The number of amides is 1. The number of benzene rings is 1. The number of nitrogens with one attached hydrogen (secondary N) is 1. The lowest BCUT2D eigenvalue weighted by molar-refractivity contribution is -0.142. The van der Waals surface area contributed by atoms with Gasteiger partial charge in [-0.15, -0.1) is 0 Å². The van der Waals surface area contributed by atoms with E-state index in [9.17, 15) is 4.79 Å². The third-order valence-corrected chi connectivity index (χ3v) is 3.46. The van der Waals surface area contributed by atoms with E-state index in [0.29, 0.717) is 17.5 Å². The van der Waals surface area contributed by atoms with Gasteiger partial charge in [-0.25, -0.2) is 0 Å². The summed E-state index contributed by atoms with van der Waals surface area (Å²) in [6.45, 7) is 4.64. The molecule has 0 aliphatic carbocycles. The number of carbonyl (C=O) groups excluding carboxylic acids is 1. The molecule has 1 amide bonds. The Hall–Kier alpha value is -1.75. The van der Waals surface area contributed by atoms with E-state index in [1.54, 1.807) is 0 Å². The minimum Gasteiger partial charge on any atom is -0.485 e. The Bertz CT molecular complexity index is 478. The fraction of sp³-hybridized carbons (Fsp3) is 0.500. The summed E-state index contributed by atoms with van der Waals surface area (Å²) in [6, 6.07) is 7.78. The van der Waals surface area contributed by atoms with Crippen molar-refractivity contribution in [1.82, 2.24) is 10.2 Å². The quantitative estimate of drug-likeness (QED) is 0.807. The van der Waals surface area contributed by atoms with Gasteiger partial charge in [-0.2, -0.15) is 0 Å². The van der Waals surface area contributed by atoms with Crippen molar-refractivity contribution in [2.24, 2.45) is 0 Å². The molecule has 1 aromatic rings. The Kier molecular flexibility index (Phi) is 3.29. The summed E-state index contributed by atoms with van der Waals surface area (Å²) in [6.07, 6.45) is -0.528. The number of hydrogen-bond donors (Lipinski definition) is 1. The number of carbonyl (C=O) groups is 1. The Morgan fingerprint density at radius 2 is 2.16 bits per heavy atom. The third-order valence-electron chi connectivity index (χ3n) is 3.46. The van der Waals surface area contributed by atoms with Crippen LogP contribution < -0.4 is 14.8 Å². The largest absolute Gasteiger partial charge is 0.485 e. The average Bonchev–Trinajstić information content (AvgIpc) is 2.46. The maximum Gasteiger partial charge on any atom is 0.267 e. The first-order valence-corrected chi connectivity index (χ1v) is 6.64. The standard InChI is InChI=1S/C14H18N2O3/c1-10-8-16(7-6-15-10)14(17)13-9-18-11-4-2-3-5-12(11)19-13/h2-5,10,13,15H,6-9H2,1H3/t10-,13+/m1/s1. The van der Waals surface area contributed by atoms with E-state index in [4.69, 9.17) is 9.47 Å². The molecule has 1 aromatic carbocycles. The molecular formula is C14H18N2O3. The molecule has 0 unspecified atom stereocenters. The van der Waals surface area contributed by atoms with E-state index >= 15 is 0 Å². The van der Waals surface area contributed by atoms with Crippen molar-refractivity contribution in [1.29, 1.82) is 0 Å². The van der Waals surface area contributed by atoms with Crippen LogP contribution in [0.3, 0.4) is 0 Å². The van der Waals surface area contributed by atoms with E-state index in [-0.39, 0.29) is 12.5 Å². The molecule has 3 rings (SSSR count). The predicted octanol–water partition coefficient (Wildman–Crippen LogP) is 0.647. The predicted molar refractivity (Wildman–Crippen MR) is 70.4 cm³/mol. The van der Waals surface area contributed by atoms with Crippen LogP contribution in [0, 0.1) is 0 Å². The fourth-order valence-corrected chi connectivity index (χ4v) is 2.48. The summed E-state index contributed by atoms with van der Waals surface area (Å²) >= 11 is 0. The highest BCUT2D eigenvalue weighted by molar-refractivity contribution is 5.82. The summed E-state index contributed by atoms with van der Waals surface area (Å²) < 4.78 is 11.3. The molecule has 102 valence electrons. The molecule has 2 atom stereocenters. The van der Waals surface area contributed by atoms with Gasteiger partial charge in [0.15, 0.2) is 11.5 Å². The van der Waals surface area contributed by atoms with E-state index in [2.05, 4.69) is 12.2 Å². The molecule has 2 heterocycles. The minimum atomic E-state index is -0.528. The van der Waals surface area contributed by atoms with E-state index in [1.165, 1.54) is 0 Å². The van der Waals surface area contributed by atoms with E-state index in [0.717, 1.165) is 19.6 Å². The van der Waals surface area contributed by atoms with E-state index in [1.807, 2.05) is 29.2 Å². The number of piperazine rings is 1. The molecule has 1 saturated heterocycles. The molecule has 0 bridgehead atoms. The van der Waals surface area contributed by atoms with Crippen molar-refractivity contribution < 1.29 is 14.3 Å². The lowest BCUT2D eigenvalue weighted by Crippen LogP contribution is -2.55. The minimum absolute atomic E-state index is 0.0165. The number of hydrogen-bond acceptors (Lipinski definition) is 4. The molecule has 0 saturated carbocycles. The summed E-state index contributed by atoms with van der Waals surface area (Å²) in [7, 11) is 0. The summed E-state index contributed by atoms with van der Waals surface area (Å²) in [4.78, 5) is 14.3. The van der Waals surface area contributed by atoms with Crippen molar-refractivity contribution in [3.63, 3.8) is 0 Å². The molecule has 5 heteroatoms. The van der Waals surface area contributed by atoms with Crippen LogP contribution in [0.15, 0.2) is 24.3 Å². The van der Waals surface area contributed by atoms with Gasteiger partial charge in [0.1, 0.15) is 6.61 Å². The lowest BCUT2D eigenvalue weighted by Gasteiger charge is -2.35. The van der Waals surface area contributed by atoms with Crippen molar-refractivity contribution in [2.75, 3.05) is 26.2 Å². The molecule has 1 N–H and O–H groups in total. The summed E-state index contributed by atoms with van der Waals surface area (Å²) in [5, 5.41) is 3.32. The first-order chi connectivity index (χ1) is 9.24. The smallest absolute Gasteiger partial charge is 0.267 e. The zero-order valence-corrected chi connectivity index (χ0v) is 11.0. The van der Waals surface area contributed by atoms with Gasteiger partial charge >= 0.3 is 0 Å². The number of para-hydroxylation sites is 2. The van der Waals surface area contributed by atoms with Crippen LogP contribution in [0.2, 0.25) is 0 Å². The Morgan fingerprint density at radius 1 is 1.37 bits per heavy atom. The Morgan fingerprint density at radius 3 is 2.95 bits per heavy atom. The van der Waals surface area contributed by atoms with Gasteiger partial charge in [0.05, 0.1) is 0 Å². The van der Waals surface area contributed by atoms with Crippen molar-refractivity contribution in [3.05, 3.63) is 24.3 Å². The van der Waals surface area contributed by atoms with Crippen LogP contribution in [0.5, 0.6) is 11.5 Å². The van der Waals surface area contributed by atoms with Crippen molar-refractivity contribution >= 4 is 5.91 Å². The molecule has 2 aliphatic rings. The Labute approximate surface area is 112 Å². The monoisotopic (exact) mass is 262 g/mol. The molecule has 0 spiro atoms. The summed E-state index contributed by atoms with van der Waals surface area (Å²) in [5.41, 5.74) is 0. The van der Waals surface area contributed by atoms with Crippen molar-refractivity contribution in [2.45, 2.75) is 19.1 Å². The zero-order valence-electron chi connectivity index (χ0n) is 11.0. The summed E-state index contributed by atoms with van der Waals surface area (Å²) in [5.74, 6) is 1.37. The normalized spacial score (nSPS) is 26.1. The van der Waals surface area contributed by atoms with Gasteiger partial charge in [-0.3, -0.25) is 4.79 Å². The van der Waals surface area contributed by atoms with Crippen LogP contribution >= 0.6 is 0 Å². The molecule has 0 radical (unpaired) electrons. The molecule has 2 aliphatic heterocycles. The Balaban J connectivity index is 1.69. The maximum absolute atomic E-state index is 12.4. The number of fused-ring (bicyclic) bond motifs is 1. The topological polar surface area (TPSA) is 50.8 Å². The third kappa shape index (κ3) is 2.51. The van der Waals surface area contributed by atoms with Gasteiger partial charge in [0.25, 0.3) is 5.91 Å². The first kappa shape index (κ1) is 12.3. The molecule has 1 fully saturated rings. The van der Waals surface area contributed by atoms with Crippen LogP contribution in [0.4, 0.5) is 0 Å². The molecular weight excluding hydrogens is 244 g/mol. The number of nitrogens with zero attached hydrogens (tertiary/aromatic N) is 1. The van der Waals surface area contributed by atoms with Crippen LogP contribution in [-0.2, 0) is 4.79 Å². The fourth-order valence-electron chi connectivity index (χ4n) is 2.48. The highest BCUT2D eigenvalue weighted by atomic mass is 16.6. The second kappa shape index (κ2) is 5.09. The molecule has 19 heavy (non-hydrogen) atoms. The second-order valence-electron chi connectivity index (χ2n) is 5.00. The average molecular weight is 262 g/mol. The molecule has 5 nitrogen and oxygen atoms in total. The lowest BCUT2D eigenvalue weighted by atomic mass is 10.2. The SMILES string of the molecule is C[C@@H]1CN(C(=O)[C@@H]2COc3ccccc3O2)CCN1. The number of rotatable bonds is 1. The van der Waals surface area contributed by atoms with Gasteiger partial charge in [0.2, 0.25) is 6.10 Å². The highest BCUT2D eigenvalue weighted by Gasteiger charge is 2.32. The maximum atomic E-state index is 12.4. The van der Waals surface area contributed by atoms with Crippen LogP contribution in [0.1, 0.15) is 6.92 Å². The van der Waals surface area contributed by atoms with Gasteiger partial charge in [-0.05, 0) is 19.1 Å². The van der Waals surface area contributed by atoms with Crippen LogP contribution in [0.25, 0.3) is 0 Å². The van der Waals surface area contributed by atoms with Crippen molar-refractivity contribution in [3.8, 4) is 11.5 Å².